The smallest absolute Gasteiger partial charge is 0.333 e. The van der Waals surface area contributed by atoms with Crippen LogP contribution in [0.1, 0.15) is 66.7 Å². The Labute approximate surface area is 106 Å². The van der Waals surface area contributed by atoms with Crippen molar-refractivity contribution in [1.29, 1.82) is 0 Å². The highest BCUT2D eigenvalue weighted by molar-refractivity contribution is 5.87. The Hall–Kier alpha value is -0.790. The van der Waals surface area contributed by atoms with Crippen LogP contribution in [0.2, 0.25) is 0 Å². The summed E-state index contributed by atoms with van der Waals surface area (Å²) in [4.78, 5) is 11.4. The van der Waals surface area contributed by atoms with E-state index in [0.29, 0.717) is 11.0 Å². The zero-order valence-electron chi connectivity index (χ0n) is 12.1. The fraction of sp³-hybridized carbons (Fsp3) is 0.800. The van der Waals surface area contributed by atoms with Gasteiger partial charge < -0.3 is 4.74 Å². The van der Waals surface area contributed by atoms with Gasteiger partial charge in [-0.2, -0.15) is 0 Å². The average Bonchev–Trinajstić information content (AvgIpc) is 2.20. The first-order valence-electron chi connectivity index (χ1n) is 6.62. The minimum Gasteiger partial charge on any atom is -0.459 e. The second-order valence-electron chi connectivity index (χ2n) is 6.02. The predicted molar refractivity (Wildman–Crippen MR) is 72.9 cm³/mol. The molecular weight excluding hydrogens is 212 g/mol. The molecule has 1 atom stereocenters. The summed E-state index contributed by atoms with van der Waals surface area (Å²) in [6, 6.07) is 0. The van der Waals surface area contributed by atoms with E-state index in [1.807, 2.05) is 0 Å². The third kappa shape index (κ3) is 8.96. The van der Waals surface area contributed by atoms with Gasteiger partial charge in [-0.05, 0) is 38.0 Å². The lowest BCUT2D eigenvalue weighted by molar-refractivity contribution is -0.144. The summed E-state index contributed by atoms with van der Waals surface area (Å²) in [5.41, 5.74) is 0.883. The van der Waals surface area contributed by atoms with Gasteiger partial charge in [-0.25, -0.2) is 4.79 Å². The van der Waals surface area contributed by atoms with Crippen molar-refractivity contribution in [3.8, 4) is 0 Å². The van der Waals surface area contributed by atoms with Crippen LogP contribution in [0.15, 0.2) is 12.2 Å². The van der Waals surface area contributed by atoms with Gasteiger partial charge in [0, 0.05) is 5.57 Å². The number of rotatable bonds is 7. The molecule has 1 unspecified atom stereocenters. The van der Waals surface area contributed by atoms with E-state index in [1.54, 1.807) is 6.92 Å². The van der Waals surface area contributed by atoms with Crippen LogP contribution in [-0.2, 0) is 9.53 Å². The molecule has 0 saturated heterocycles. The number of hydrogen-bond donors (Lipinski definition) is 0. The van der Waals surface area contributed by atoms with Crippen molar-refractivity contribution in [1.82, 2.24) is 0 Å². The molecular formula is C15H28O2. The van der Waals surface area contributed by atoms with E-state index in [0.717, 1.165) is 19.3 Å². The van der Waals surface area contributed by atoms with E-state index in [9.17, 15) is 4.79 Å². The Kier molecular flexibility index (Phi) is 7.17. The minimum absolute atomic E-state index is 0.0548. The van der Waals surface area contributed by atoms with Crippen LogP contribution in [0.4, 0.5) is 0 Å². The first-order chi connectivity index (χ1) is 7.76. The van der Waals surface area contributed by atoms with E-state index in [2.05, 4.69) is 34.3 Å². The van der Waals surface area contributed by atoms with E-state index < -0.39 is 0 Å². The van der Waals surface area contributed by atoms with Gasteiger partial charge in [-0.3, -0.25) is 0 Å². The maximum absolute atomic E-state index is 11.4. The molecule has 0 aromatic rings. The third-order valence-corrected chi connectivity index (χ3v) is 2.78. The fourth-order valence-corrected chi connectivity index (χ4v) is 1.63. The molecule has 0 aliphatic heterocycles. The molecule has 0 aliphatic carbocycles. The normalized spacial score (nSPS) is 13.2. The highest BCUT2D eigenvalue weighted by atomic mass is 16.5. The number of unbranched alkanes of at least 4 members (excludes halogenated alkanes) is 1. The van der Waals surface area contributed by atoms with E-state index in [1.165, 1.54) is 12.8 Å². The molecule has 2 heteroatoms. The first-order valence-corrected chi connectivity index (χ1v) is 6.62. The van der Waals surface area contributed by atoms with Gasteiger partial charge >= 0.3 is 5.97 Å². The molecule has 0 aromatic carbocycles. The highest BCUT2D eigenvalue weighted by Crippen LogP contribution is 2.23. The molecule has 0 rings (SSSR count). The molecule has 17 heavy (non-hydrogen) atoms. The van der Waals surface area contributed by atoms with E-state index in [-0.39, 0.29) is 12.1 Å². The Bertz CT molecular complexity index is 248. The number of esters is 1. The van der Waals surface area contributed by atoms with Crippen molar-refractivity contribution in [2.45, 2.75) is 72.8 Å². The summed E-state index contributed by atoms with van der Waals surface area (Å²) in [6.07, 6.45) is 5.45. The van der Waals surface area contributed by atoms with Gasteiger partial charge in [0.05, 0.1) is 0 Å². The number of ether oxygens (including phenoxy) is 1. The summed E-state index contributed by atoms with van der Waals surface area (Å²) in [5, 5.41) is 0. The van der Waals surface area contributed by atoms with Crippen LogP contribution in [0, 0.1) is 5.41 Å². The first kappa shape index (κ1) is 16.2. The summed E-state index contributed by atoms with van der Waals surface area (Å²) < 4.78 is 5.35. The Balaban J connectivity index is 3.83. The van der Waals surface area contributed by atoms with Crippen molar-refractivity contribution in [3.05, 3.63) is 12.2 Å². The zero-order valence-corrected chi connectivity index (χ0v) is 12.1. The standard InChI is InChI=1S/C15H28O2/c1-7-13(17-14(16)12(2)3)10-8-9-11-15(4,5)6/h13H,2,7-11H2,1,3-6H3. The van der Waals surface area contributed by atoms with Gasteiger partial charge in [0.1, 0.15) is 6.10 Å². The van der Waals surface area contributed by atoms with Crippen molar-refractivity contribution >= 4 is 5.97 Å². The van der Waals surface area contributed by atoms with Crippen LogP contribution in [0.25, 0.3) is 0 Å². The molecule has 0 saturated carbocycles. The molecule has 0 aromatic heterocycles. The molecule has 0 spiro atoms. The van der Waals surface area contributed by atoms with Gasteiger partial charge in [0.15, 0.2) is 0 Å². The second kappa shape index (κ2) is 7.52. The Morgan fingerprint density at radius 3 is 2.29 bits per heavy atom. The second-order valence-corrected chi connectivity index (χ2v) is 6.02. The topological polar surface area (TPSA) is 26.3 Å². The van der Waals surface area contributed by atoms with Crippen LogP contribution >= 0.6 is 0 Å². The Morgan fingerprint density at radius 2 is 1.88 bits per heavy atom. The number of hydrogen-bond acceptors (Lipinski definition) is 2. The van der Waals surface area contributed by atoms with Crippen LogP contribution < -0.4 is 0 Å². The predicted octanol–water partition coefficient (Wildman–Crippen LogP) is 4.49. The molecule has 0 N–H and O–H groups in total. The summed E-state index contributed by atoms with van der Waals surface area (Å²) >= 11 is 0. The largest absolute Gasteiger partial charge is 0.459 e. The lowest BCUT2D eigenvalue weighted by Crippen LogP contribution is -2.18. The zero-order chi connectivity index (χ0) is 13.5. The highest BCUT2D eigenvalue weighted by Gasteiger charge is 2.14. The molecule has 0 amide bonds. The molecule has 100 valence electrons. The maximum Gasteiger partial charge on any atom is 0.333 e. The van der Waals surface area contributed by atoms with Gasteiger partial charge in [0.25, 0.3) is 0 Å². The molecule has 0 aliphatic rings. The van der Waals surface area contributed by atoms with Crippen molar-refractivity contribution in [2.24, 2.45) is 5.41 Å². The Morgan fingerprint density at radius 1 is 1.29 bits per heavy atom. The molecule has 2 nitrogen and oxygen atoms in total. The summed E-state index contributed by atoms with van der Waals surface area (Å²) in [7, 11) is 0. The van der Waals surface area contributed by atoms with Crippen LogP contribution in [-0.4, -0.2) is 12.1 Å². The van der Waals surface area contributed by atoms with Crippen molar-refractivity contribution in [2.75, 3.05) is 0 Å². The lowest BCUT2D eigenvalue weighted by atomic mass is 9.89. The summed E-state index contributed by atoms with van der Waals surface area (Å²) in [6.45, 7) is 14.1. The fourth-order valence-electron chi connectivity index (χ4n) is 1.63. The average molecular weight is 240 g/mol. The molecule has 0 fully saturated rings. The number of carbonyl (C=O) groups excluding carboxylic acids is 1. The third-order valence-electron chi connectivity index (χ3n) is 2.78. The van der Waals surface area contributed by atoms with Gasteiger partial charge in [0.2, 0.25) is 0 Å². The van der Waals surface area contributed by atoms with Crippen LogP contribution in [0.5, 0.6) is 0 Å². The van der Waals surface area contributed by atoms with Crippen molar-refractivity contribution in [3.63, 3.8) is 0 Å². The minimum atomic E-state index is -0.257. The SMILES string of the molecule is C=C(C)C(=O)OC(CC)CCCCC(C)(C)C. The maximum atomic E-state index is 11.4. The molecule has 0 radical (unpaired) electrons. The monoisotopic (exact) mass is 240 g/mol. The lowest BCUT2D eigenvalue weighted by Gasteiger charge is -2.19. The van der Waals surface area contributed by atoms with E-state index in [4.69, 9.17) is 4.74 Å². The molecule has 0 heterocycles. The van der Waals surface area contributed by atoms with Crippen LogP contribution in [0.3, 0.4) is 0 Å². The summed E-state index contributed by atoms with van der Waals surface area (Å²) in [5.74, 6) is -0.257. The number of carbonyl (C=O) groups is 1. The molecule has 0 bridgehead atoms. The van der Waals surface area contributed by atoms with E-state index >= 15 is 0 Å². The van der Waals surface area contributed by atoms with Gasteiger partial charge in [-0.1, -0.05) is 40.7 Å². The van der Waals surface area contributed by atoms with Gasteiger partial charge in [-0.15, -0.1) is 0 Å². The quantitative estimate of drug-likeness (QED) is 0.372. The van der Waals surface area contributed by atoms with Crippen molar-refractivity contribution < 1.29 is 9.53 Å².